The second-order valence-electron chi connectivity index (χ2n) is 6.76. The molecule has 4 rings (SSSR count). The number of carboxylic acid groups (broad SMARTS) is 1. The van der Waals surface area contributed by atoms with E-state index in [2.05, 4.69) is 23.5 Å². The van der Waals surface area contributed by atoms with Crippen LogP contribution in [-0.4, -0.2) is 16.9 Å². The van der Waals surface area contributed by atoms with Crippen LogP contribution in [0.15, 0.2) is 54.6 Å². The first kappa shape index (κ1) is 15.6. The van der Waals surface area contributed by atoms with Gasteiger partial charge in [-0.1, -0.05) is 36.4 Å². The van der Waals surface area contributed by atoms with Crippen molar-refractivity contribution in [2.45, 2.75) is 25.3 Å². The van der Waals surface area contributed by atoms with E-state index in [1.165, 1.54) is 5.56 Å². The zero-order valence-electron chi connectivity index (χ0n) is 13.9. The Labute approximate surface area is 146 Å². The minimum Gasteiger partial charge on any atom is -0.478 e. The second-order valence-corrected chi connectivity index (χ2v) is 6.76. The first-order chi connectivity index (χ1) is 12.0. The van der Waals surface area contributed by atoms with Crippen molar-refractivity contribution in [3.8, 4) is 0 Å². The molecule has 0 spiro atoms. The Hall–Kier alpha value is -2.88. The van der Waals surface area contributed by atoms with Gasteiger partial charge in [0.05, 0.1) is 11.6 Å². The van der Waals surface area contributed by atoms with Gasteiger partial charge in [-0.25, -0.2) is 4.79 Å². The molecule has 0 bridgehead atoms. The van der Waals surface area contributed by atoms with Gasteiger partial charge in [-0.15, -0.1) is 0 Å². The van der Waals surface area contributed by atoms with Gasteiger partial charge in [0.2, 0.25) is 0 Å². The quantitative estimate of drug-likeness (QED) is 0.645. The summed E-state index contributed by atoms with van der Waals surface area (Å²) >= 11 is 0. The number of carbonyl (C=O) groups is 2. The summed E-state index contributed by atoms with van der Waals surface area (Å²) in [6, 6.07) is 13.0. The van der Waals surface area contributed by atoms with Crippen LogP contribution in [-0.2, 0) is 0 Å². The molecule has 126 valence electrons. The zero-order valence-corrected chi connectivity index (χ0v) is 13.9. The van der Waals surface area contributed by atoms with Crippen LogP contribution < -0.4 is 5.32 Å². The minimum atomic E-state index is -0.917. The molecular formula is C21H19NO3. The van der Waals surface area contributed by atoms with Crippen molar-refractivity contribution >= 4 is 17.4 Å². The lowest BCUT2D eigenvalue weighted by Gasteiger charge is -2.37. The third-order valence-corrected chi connectivity index (χ3v) is 5.29. The fourth-order valence-electron chi connectivity index (χ4n) is 3.98. The van der Waals surface area contributed by atoms with Gasteiger partial charge in [-0.3, -0.25) is 4.79 Å². The Balaban J connectivity index is 1.74. The normalized spacial score (nSPS) is 23.5. The van der Waals surface area contributed by atoms with E-state index >= 15 is 0 Å². The standard InChI is InChI=1S/C21H19NO3/c1-12(23)15-9-10-17-16-3-2-4-18(16)20(22-19(17)11-15)13-5-7-14(8-6-13)21(24)25/h2-3,5-11,16,18,20,22H,4H2,1H3,(H,24,25)/t16-,18-,20-/m0/s1. The number of hydrogen-bond acceptors (Lipinski definition) is 3. The van der Waals surface area contributed by atoms with Gasteiger partial charge >= 0.3 is 5.97 Å². The number of aromatic carboxylic acids is 1. The summed E-state index contributed by atoms with van der Waals surface area (Å²) in [4.78, 5) is 22.8. The van der Waals surface area contributed by atoms with E-state index < -0.39 is 5.97 Å². The first-order valence-electron chi connectivity index (χ1n) is 8.46. The SMILES string of the molecule is CC(=O)c1ccc2c(c1)N[C@@H](c1ccc(C(=O)O)cc1)[C@H]1CC=C[C@@H]21. The Bertz CT molecular complexity index is 883. The first-order valence-corrected chi connectivity index (χ1v) is 8.46. The largest absolute Gasteiger partial charge is 0.478 e. The number of fused-ring (bicyclic) bond motifs is 3. The Morgan fingerprint density at radius 1 is 1.08 bits per heavy atom. The van der Waals surface area contributed by atoms with Gasteiger partial charge in [0.25, 0.3) is 0 Å². The lowest BCUT2D eigenvalue weighted by molar-refractivity contribution is 0.0696. The molecule has 25 heavy (non-hydrogen) atoms. The molecule has 1 aliphatic carbocycles. The van der Waals surface area contributed by atoms with Crippen molar-refractivity contribution in [3.05, 3.63) is 76.9 Å². The summed E-state index contributed by atoms with van der Waals surface area (Å²) in [6.45, 7) is 1.57. The summed E-state index contributed by atoms with van der Waals surface area (Å²) in [6.07, 6.45) is 5.44. The molecule has 1 heterocycles. The van der Waals surface area contributed by atoms with E-state index in [0.29, 0.717) is 23.0 Å². The lowest BCUT2D eigenvalue weighted by Crippen LogP contribution is -2.29. The predicted molar refractivity (Wildman–Crippen MR) is 96.2 cm³/mol. The van der Waals surface area contributed by atoms with E-state index in [9.17, 15) is 9.59 Å². The number of Topliss-reactive ketones (excluding diaryl/α,β-unsaturated/α-hetero) is 1. The molecule has 4 heteroatoms. The van der Waals surface area contributed by atoms with Crippen LogP contribution in [0.2, 0.25) is 0 Å². The Morgan fingerprint density at radius 2 is 1.80 bits per heavy atom. The summed E-state index contributed by atoms with van der Waals surface area (Å²) in [5.74, 6) is -0.149. The number of ketones is 1. The van der Waals surface area contributed by atoms with Crippen LogP contribution >= 0.6 is 0 Å². The van der Waals surface area contributed by atoms with E-state index in [1.807, 2.05) is 24.3 Å². The number of allylic oxidation sites excluding steroid dienone is 2. The molecule has 0 unspecified atom stereocenters. The fraction of sp³-hybridized carbons (Fsp3) is 0.238. The molecule has 0 saturated carbocycles. The van der Waals surface area contributed by atoms with Gasteiger partial charge in [-0.2, -0.15) is 0 Å². The van der Waals surface area contributed by atoms with Crippen LogP contribution in [0.1, 0.15) is 57.1 Å². The number of carbonyl (C=O) groups excluding carboxylic acids is 1. The van der Waals surface area contributed by atoms with Crippen molar-refractivity contribution < 1.29 is 14.7 Å². The van der Waals surface area contributed by atoms with Crippen LogP contribution in [0.25, 0.3) is 0 Å². The molecule has 4 nitrogen and oxygen atoms in total. The van der Waals surface area contributed by atoms with Crippen LogP contribution in [0.3, 0.4) is 0 Å². The topological polar surface area (TPSA) is 66.4 Å². The molecule has 0 saturated heterocycles. The maximum atomic E-state index is 11.7. The molecule has 1 aliphatic heterocycles. The van der Waals surface area contributed by atoms with E-state index in [1.54, 1.807) is 19.1 Å². The van der Waals surface area contributed by atoms with Crippen LogP contribution in [0.4, 0.5) is 5.69 Å². The van der Waals surface area contributed by atoms with Crippen molar-refractivity contribution in [2.24, 2.45) is 5.92 Å². The van der Waals surface area contributed by atoms with Crippen molar-refractivity contribution in [2.75, 3.05) is 5.32 Å². The molecule has 2 aliphatic rings. The highest BCUT2D eigenvalue weighted by Crippen LogP contribution is 2.49. The Morgan fingerprint density at radius 3 is 2.48 bits per heavy atom. The highest BCUT2D eigenvalue weighted by molar-refractivity contribution is 5.95. The van der Waals surface area contributed by atoms with Crippen LogP contribution in [0, 0.1) is 5.92 Å². The summed E-state index contributed by atoms with van der Waals surface area (Å²) in [7, 11) is 0. The highest BCUT2D eigenvalue weighted by atomic mass is 16.4. The molecule has 0 aromatic heterocycles. The molecule has 2 aromatic rings. The number of benzene rings is 2. The van der Waals surface area contributed by atoms with E-state index in [0.717, 1.165) is 17.7 Å². The third kappa shape index (κ3) is 2.64. The highest BCUT2D eigenvalue weighted by Gasteiger charge is 2.37. The van der Waals surface area contributed by atoms with Gasteiger partial charge in [0.1, 0.15) is 0 Å². The van der Waals surface area contributed by atoms with Gasteiger partial charge < -0.3 is 10.4 Å². The molecule has 0 fully saturated rings. The van der Waals surface area contributed by atoms with Crippen molar-refractivity contribution in [3.63, 3.8) is 0 Å². The summed E-state index contributed by atoms with van der Waals surface area (Å²) in [5.41, 5.74) is 4.28. The second kappa shape index (κ2) is 5.88. The van der Waals surface area contributed by atoms with Gasteiger partial charge in [-0.05, 0) is 48.6 Å². The minimum absolute atomic E-state index is 0.0519. The fourth-order valence-corrected chi connectivity index (χ4v) is 3.98. The molecular weight excluding hydrogens is 314 g/mol. The van der Waals surface area contributed by atoms with E-state index in [-0.39, 0.29) is 11.8 Å². The monoisotopic (exact) mass is 333 g/mol. The van der Waals surface area contributed by atoms with Gasteiger partial charge in [0.15, 0.2) is 5.78 Å². The van der Waals surface area contributed by atoms with Gasteiger partial charge in [0, 0.05) is 17.2 Å². The van der Waals surface area contributed by atoms with E-state index in [4.69, 9.17) is 5.11 Å². The smallest absolute Gasteiger partial charge is 0.335 e. The molecule has 0 radical (unpaired) electrons. The average molecular weight is 333 g/mol. The zero-order chi connectivity index (χ0) is 17.6. The summed E-state index contributed by atoms with van der Waals surface area (Å²) < 4.78 is 0. The molecule has 0 amide bonds. The van der Waals surface area contributed by atoms with Crippen LogP contribution in [0.5, 0.6) is 0 Å². The number of carboxylic acids is 1. The Kier molecular flexibility index (Phi) is 3.68. The van der Waals surface area contributed by atoms with Crippen molar-refractivity contribution in [1.29, 1.82) is 0 Å². The number of nitrogens with one attached hydrogen (secondary N) is 1. The number of anilines is 1. The molecule has 3 atom stereocenters. The average Bonchev–Trinajstić information content (AvgIpc) is 3.10. The number of hydrogen-bond donors (Lipinski definition) is 2. The maximum Gasteiger partial charge on any atom is 0.335 e. The maximum absolute atomic E-state index is 11.7. The third-order valence-electron chi connectivity index (χ3n) is 5.29. The molecule has 2 aromatic carbocycles. The lowest BCUT2D eigenvalue weighted by atomic mass is 9.76. The predicted octanol–water partition coefficient (Wildman–Crippen LogP) is 4.41. The number of rotatable bonds is 3. The van der Waals surface area contributed by atoms with Crippen molar-refractivity contribution in [1.82, 2.24) is 0 Å². The molecule has 2 N–H and O–H groups in total. The summed E-state index contributed by atoms with van der Waals surface area (Å²) in [5, 5.41) is 12.7.